The van der Waals surface area contributed by atoms with Gasteiger partial charge in [-0.25, -0.2) is 0 Å². The number of aromatic nitrogens is 2. The molecule has 0 bridgehead atoms. The number of thiophene rings is 1. The van der Waals surface area contributed by atoms with E-state index < -0.39 is 0 Å². The molecular weight excluding hydrogens is 442 g/mol. The number of hydrogen-bond donors (Lipinski definition) is 1. The van der Waals surface area contributed by atoms with Gasteiger partial charge in [-0.2, -0.15) is 0 Å². The number of amides is 1. The van der Waals surface area contributed by atoms with Gasteiger partial charge in [0.1, 0.15) is 0 Å². The quantitative estimate of drug-likeness (QED) is 0.566. The molecule has 0 spiro atoms. The highest BCUT2D eigenvalue weighted by molar-refractivity contribution is 9.10. The number of carbonyl (C=O) groups excluding carboxylic acids is 1. The molecule has 0 unspecified atom stereocenters. The Bertz CT molecular complexity index is 918. The first-order valence-electron chi connectivity index (χ1n) is 7.30. The second-order valence-electron chi connectivity index (χ2n) is 5.24. The van der Waals surface area contributed by atoms with E-state index in [1.807, 2.05) is 48.7 Å². The molecule has 25 heavy (non-hydrogen) atoms. The van der Waals surface area contributed by atoms with Crippen molar-refractivity contribution in [3.8, 4) is 0 Å². The maximum absolute atomic E-state index is 12.2. The summed E-state index contributed by atoms with van der Waals surface area (Å²) < 4.78 is 1.00. The van der Waals surface area contributed by atoms with Crippen molar-refractivity contribution in [1.82, 2.24) is 15.5 Å². The van der Waals surface area contributed by atoms with E-state index in [9.17, 15) is 4.79 Å². The summed E-state index contributed by atoms with van der Waals surface area (Å²) in [6.07, 6.45) is 1.81. The topological polar surface area (TPSA) is 54.9 Å². The average Bonchev–Trinajstić information content (AvgIpc) is 3.23. The Labute approximate surface area is 166 Å². The number of rotatable bonds is 5. The lowest BCUT2D eigenvalue weighted by molar-refractivity contribution is 0.0950. The van der Waals surface area contributed by atoms with Crippen LogP contribution in [0.15, 0.2) is 40.2 Å². The van der Waals surface area contributed by atoms with Crippen LogP contribution in [0.2, 0.25) is 0 Å². The van der Waals surface area contributed by atoms with Crippen LogP contribution in [-0.4, -0.2) is 16.1 Å². The van der Waals surface area contributed by atoms with Crippen LogP contribution in [0.3, 0.4) is 0 Å². The molecule has 8 heteroatoms. The zero-order chi connectivity index (χ0) is 17.8. The minimum atomic E-state index is -0.257. The first-order chi connectivity index (χ1) is 12.0. The summed E-state index contributed by atoms with van der Waals surface area (Å²) in [5, 5.41) is 14.0. The van der Waals surface area contributed by atoms with E-state index in [2.05, 4.69) is 31.4 Å². The van der Waals surface area contributed by atoms with E-state index in [4.69, 9.17) is 11.6 Å². The Morgan fingerprint density at radius 1 is 1.28 bits per heavy atom. The van der Waals surface area contributed by atoms with Crippen molar-refractivity contribution >= 4 is 67.2 Å². The van der Waals surface area contributed by atoms with Crippen molar-refractivity contribution < 1.29 is 4.79 Å². The van der Waals surface area contributed by atoms with Gasteiger partial charge in [-0.1, -0.05) is 52.8 Å². The molecule has 128 valence electrons. The molecule has 0 aliphatic heterocycles. The SMILES string of the molecule is Cc1ccc(CNC(=O)c2nnc(/C(Cl)=C/c3cc(Br)cs3)s2)cc1. The predicted octanol–water partition coefficient (Wildman–Crippen LogP) is 5.34. The third-order valence-corrected chi connectivity index (χ3v) is 6.25. The summed E-state index contributed by atoms with van der Waals surface area (Å²) >= 11 is 12.4. The maximum Gasteiger partial charge on any atom is 0.282 e. The minimum absolute atomic E-state index is 0.257. The number of nitrogens with one attached hydrogen (secondary N) is 1. The molecular formula is C17H13BrClN3OS2. The van der Waals surface area contributed by atoms with Gasteiger partial charge in [-0.3, -0.25) is 4.79 Å². The number of nitrogens with zero attached hydrogens (tertiary/aromatic N) is 2. The first kappa shape index (κ1) is 18.3. The van der Waals surface area contributed by atoms with Crippen LogP contribution in [0.5, 0.6) is 0 Å². The van der Waals surface area contributed by atoms with Crippen molar-refractivity contribution in [2.24, 2.45) is 0 Å². The normalized spacial score (nSPS) is 11.6. The number of benzene rings is 1. The van der Waals surface area contributed by atoms with E-state index in [-0.39, 0.29) is 5.91 Å². The lowest BCUT2D eigenvalue weighted by Crippen LogP contribution is -2.22. The second kappa shape index (κ2) is 8.23. The molecule has 0 aliphatic carbocycles. The monoisotopic (exact) mass is 453 g/mol. The number of carbonyl (C=O) groups is 1. The van der Waals surface area contributed by atoms with Gasteiger partial charge in [-0.05, 0) is 40.6 Å². The molecule has 0 atom stereocenters. The highest BCUT2D eigenvalue weighted by atomic mass is 79.9. The second-order valence-corrected chi connectivity index (χ2v) is 8.48. The van der Waals surface area contributed by atoms with E-state index in [1.54, 1.807) is 11.3 Å². The Morgan fingerprint density at radius 3 is 2.68 bits per heavy atom. The predicted molar refractivity (Wildman–Crippen MR) is 108 cm³/mol. The fourth-order valence-corrected chi connectivity index (χ4v) is 4.35. The average molecular weight is 455 g/mol. The molecule has 3 rings (SSSR count). The van der Waals surface area contributed by atoms with Gasteiger partial charge >= 0.3 is 0 Å². The fraction of sp³-hybridized carbons (Fsp3) is 0.118. The number of hydrogen-bond acceptors (Lipinski definition) is 5. The minimum Gasteiger partial charge on any atom is -0.346 e. The van der Waals surface area contributed by atoms with Crippen LogP contribution in [0.4, 0.5) is 0 Å². The number of aryl methyl sites for hydroxylation is 1. The third kappa shape index (κ3) is 4.98. The van der Waals surface area contributed by atoms with Crippen LogP contribution >= 0.6 is 50.2 Å². The molecule has 4 nitrogen and oxygen atoms in total. The van der Waals surface area contributed by atoms with Gasteiger partial charge in [-0.15, -0.1) is 21.5 Å². The highest BCUT2D eigenvalue weighted by Crippen LogP contribution is 2.28. The summed E-state index contributed by atoms with van der Waals surface area (Å²) in [6, 6.07) is 9.96. The summed E-state index contributed by atoms with van der Waals surface area (Å²) in [6.45, 7) is 2.47. The molecule has 1 amide bonds. The van der Waals surface area contributed by atoms with Crippen molar-refractivity contribution in [3.63, 3.8) is 0 Å². The largest absolute Gasteiger partial charge is 0.346 e. The van der Waals surface area contributed by atoms with E-state index in [0.29, 0.717) is 21.6 Å². The Kier molecular flexibility index (Phi) is 6.01. The Morgan fingerprint density at radius 2 is 2.00 bits per heavy atom. The van der Waals surface area contributed by atoms with Gasteiger partial charge in [0.2, 0.25) is 5.01 Å². The molecule has 0 saturated heterocycles. The standard InChI is InChI=1S/C17H13BrClN3OS2/c1-10-2-4-11(5-3-10)8-20-15(23)17-22-21-16(25-17)14(19)7-13-6-12(18)9-24-13/h2-7,9H,8H2,1H3,(H,20,23)/b14-7-. The van der Waals surface area contributed by atoms with Crippen LogP contribution in [-0.2, 0) is 6.54 Å². The van der Waals surface area contributed by atoms with Crippen molar-refractivity contribution in [3.05, 3.63) is 66.2 Å². The molecule has 2 aromatic heterocycles. The van der Waals surface area contributed by atoms with Gasteiger partial charge in [0.25, 0.3) is 5.91 Å². The van der Waals surface area contributed by atoms with E-state index in [0.717, 1.165) is 14.9 Å². The van der Waals surface area contributed by atoms with Gasteiger partial charge in [0.15, 0.2) is 5.01 Å². The molecule has 3 aromatic rings. The fourth-order valence-electron chi connectivity index (χ4n) is 1.97. The summed E-state index contributed by atoms with van der Waals surface area (Å²) in [4.78, 5) is 13.2. The van der Waals surface area contributed by atoms with Gasteiger partial charge < -0.3 is 5.32 Å². The van der Waals surface area contributed by atoms with Crippen LogP contribution in [0, 0.1) is 6.92 Å². The van der Waals surface area contributed by atoms with Crippen LogP contribution < -0.4 is 5.32 Å². The van der Waals surface area contributed by atoms with Crippen LogP contribution in [0.1, 0.15) is 30.8 Å². The summed E-state index contributed by atoms with van der Waals surface area (Å²) in [5.74, 6) is -0.257. The molecule has 0 saturated carbocycles. The lowest BCUT2D eigenvalue weighted by atomic mass is 10.1. The van der Waals surface area contributed by atoms with Crippen LogP contribution in [0.25, 0.3) is 11.1 Å². The molecule has 0 fully saturated rings. The summed E-state index contributed by atoms with van der Waals surface area (Å²) in [5.41, 5.74) is 2.22. The number of halogens is 2. The Balaban J connectivity index is 1.64. The van der Waals surface area contributed by atoms with Gasteiger partial charge in [0, 0.05) is 21.3 Å². The van der Waals surface area contributed by atoms with Crippen molar-refractivity contribution in [1.29, 1.82) is 0 Å². The zero-order valence-corrected chi connectivity index (χ0v) is 17.1. The third-order valence-electron chi connectivity index (χ3n) is 3.25. The molecule has 0 radical (unpaired) electrons. The zero-order valence-electron chi connectivity index (χ0n) is 13.1. The van der Waals surface area contributed by atoms with Crippen molar-refractivity contribution in [2.75, 3.05) is 0 Å². The smallest absolute Gasteiger partial charge is 0.282 e. The molecule has 2 heterocycles. The van der Waals surface area contributed by atoms with Gasteiger partial charge in [0.05, 0.1) is 5.03 Å². The van der Waals surface area contributed by atoms with E-state index >= 15 is 0 Å². The summed E-state index contributed by atoms with van der Waals surface area (Å²) in [7, 11) is 0. The molecule has 0 aliphatic rings. The highest BCUT2D eigenvalue weighted by Gasteiger charge is 2.14. The van der Waals surface area contributed by atoms with E-state index in [1.165, 1.54) is 16.9 Å². The molecule has 1 aromatic carbocycles. The first-order valence-corrected chi connectivity index (χ1v) is 10.2. The lowest BCUT2D eigenvalue weighted by Gasteiger charge is -2.03. The Hall–Kier alpha value is -1.54. The molecule has 1 N–H and O–H groups in total. The maximum atomic E-state index is 12.2. The van der Waals surface area contributed by atoms with Crippen molar-refractivity contribution in [2.45, 2.75) is 13.5 Å².